The molecule has 0 aliphatic carbocycles. The number of hydrogen-bond acceptors (Lipinski definition) is 2. The molecular weight excluding hydrogens is 202 g/mol. The Bertz CT molecular complexity index is 503. The van der Waals surface area contributed by atoms with Crippen LogP contribution in [-0.4, -0.2) is 11.8 Å². The van der Waals surface area contributed by atoms with Gasteiger partial charge in [0.2, 0.25) is 5.91 Å². The fourth-order valence-electron chi connectivity index (χ4n) is 1.81. The Balaban J connectivity index is 2.52. The summed E-state index contributed by atoms with van der Waals surface area (Å²) >= 11 is 0. The molecule has 1 aromatic rings. The van der Waals surface area contributed by atoms with Gasteiger partial charge in [0.25, 0.3) is 5.91 Å². The number of hydrogen-bond donors (Lipinski definition) is 0. The van der Waals surface area contributed by atoms with Crippen LogP contribution >= 0.6 is 0 Å². The molecule has 0 aromatic heterocycles. The van der Waals surface area contributed by atoms with E-state index >= 15 is 0 Å². The van der Waals surface area contributed by atoms with E-state index in [1.807, 2.05) is 32.0 Å². The number of rotatable bonds is 1. The molecule has 3 nitrogen and oxygen atoms in total. The monoisotopic (exact) mass is 215 g/mol. The molecule has 3 heteroatoms. The molecule has 1 aliphatic rings. The van der Waals surface area contributed by atoms with Crippen molar-refractivity contribution in [3.63, 3.8) is 0 Å². The molecule has 0 atom stereocenters. The number of nitrogens with zero attached hydrogens (tertiary/aromatic N) is 1. The van der Waals surface area contributed by atoms with Crippen LogP contribution in [-0.2, 0) is 9.59 Å². The molecular formula is C13H13NO2. The van der Waals surface area contributed by atoms with Crippen LogP contribution in [0.5, 0.6) is 0 Å². The highest BCUT2D eigenvalue weighted by molar-refractivity contribution is 6.28. The van der Waals surface area contributed by atoms with Crippen molar-refractivity contribution in [1.29, 1.82) is 0 Å². The summed E-state index contributed by atoms with van der Waals surface area (Å²) in [6, 6.07) is 5.72. The normalized spacial score (nSPS) is 16.1. The summed E-state index contributed by atoms with van der Waals surface area (Å²) in [5, 5.41) is 0. The predicted molar refractivity (Wildman–Crippen MR) is 62.2 cm³/mol. The smallest absolute Gasteiger partial charge is 0.260 e. The van der Waals surface area contributed by atoms with E-state index in [2.05, 4.69) is 6.58 Å². The third kappa shape index (κ3) is 1.54. The Morgan fingerprint density at radius 1 is 1.25 bits per heavy atom. The Morgan fingerprint density at radius 2 is 1.94 bits per heavy atom. The number of anilines is 1. The van der Waals surface area contributed by atoms with Gasteiger partial charge in [0.15, 0.2) is 0 Å². The van der Waals surface area contributed by atoms with E-state index in [4.69, 9.17) is 0 Å². The van der Waals surface area contributed by atoms with E-state index in [-0.39, 0.29) is 18.2 Å². The third-order valence-corrected chi connectivity index (χ3v) is 2.73. The molecule has 82 valence electrons. The first-order valence-corrected chi connectivity index (χ1v) is 5.13. The number of amides is 2. The van der Waals surface area contributed by atoms with Gasteiger partial charge in [0.1, 0.15) is 0 Å². The van der Waals surface area contributed by atoms with E-state index < -0.39 is 0 Å². The van der Waals surface area contributed by atoms with Gasteiger partial charge in [0, 0.05) is 5.57 Å². The molecule has 0 unspecified atom stereocenters. The van der Waals surface area contributed by atoms with E-state index in [0.717, 1.165) is 11.1 Å². The predicted octanol–water partition coefficient (Wildman–Crippen LogP) is 2.12. The fraction of sp³-hybridized carbons (Fsp3) is 0.231. The summed E-state index contributed by atoms with van der Waals surface area (Å²) in [7, 11) is 0. The number of carbonyl (C=O) groups excluding carboxylic acids is 2. The average molecular weight is 215 g/mol. The van der Waals surface area contributed by atoms with Gasteiger partial charge in [0.05, 0.1) is 12.1 Å². The van der Waals surface area contributed by atoms with Crippen molar-refractivity contribution >= 4 is 17.5 Å². The molecule has 0 spiro atoms. The van der Waals surface area contributed by atoms with E-state index in [0.29, 0.717) is 11.3 Å². The summed E-state index contributed by atoms with van der Waals surface area (Å²) in [5.74, 6) is -0.470. The van der Waals surface area contributed by atoms with E-state index in [1.54, 1.807) is 0 Å². The summed E-state index contributed by atoms with van der Waals surface area (Å²) in [6.45, 7) is 7.42. The van der Waals surface area contributed by atoms with Gasteiger partial charge in [-0.05, 0) is 31.0 Å². The maximum Gasteiger partial charge on any atom is 0.260 e. The molecule has 2 rings (SSSR count). The Kier molecular flexibility index (Phi) is 2.38. The third-order valence-electron chi connectivity index (χ3n) is 2.73. The Hall–Kier alpha value is -1.90. The molecule has 0 radical (unpaired) electrons. The lowest BCUT2D eigenvalue weighted by Gasteiger charge is -2.16. The molecule has 1 aromatic carbocycles. The molecule has 16 heavy (non-hydrogen) atoms. The second kappa shape index (κ2) is 3.59. The van der Waals surface area contributed by atoms with Gasteiger partial charge < -0.3 is 0 Å². The van der Waals surface area contributed by atoms with Gasteiger partial charge in [-0.2, -0.15) is 0 Å². The van der Waals surface area contributed by atoms with Gasteiger partial charge in [-0.25, -0.2) is 4.90 Å². The first-order chi connectivity index (χ1) is 7.50. The van der Waals surface area contributed by atoms with Crippen molar-refractivity contribution in [2.24, 2.45) is 0 Å². The largest absolute Gasteiger partial charge is 0.274 e. The van der Waals surface area contributed by atoms with Crippen molar-refractivity contribution in [2.45, 2.75) is 20.3 Å². The summed E-state index contributed by atoms with van der Waals surface area (Å²) in [4.78, 5) is 24.7. The number of carbonyl (C=O) groups is 2. The van der Waals surface area contributed by atoms with Crippen LogP contribution in [0.15, 0.2) is 30.4 Å². The molecule has 1 heterocycles. The zero-order valence-electron chi connectivity index (χ0n) is 9.41. The zero-order chi connectivity index (χ0) is 11.9. The fourth-order valence-corrected chi connectivity index (χ4v) is 1.81. The minimum absolute atomic E-state index is 0.131. The van der Waals surface area contributed by atoms with Crippen LogP contribution in [0.1, 0.15) is 17.5 Å². The molecule has 0 N–H and O–H groups in total. The minimum Gasteiger partial charge on any atom is -0.274 e. The quantitative estimate of drug-likeness (QED) is 0.531. The van der Waals surface area contributed by atoms with Crippen LogP contribution in [0.3, 0.4) is 0 Å². The second-order valence-corrected chi connectivity index (χ2v) is 4.10. The summed E-state index contributed by atoms with van der Waals surface area (Å²) in [6.07, 6.45) is 0.131. The highest BCUT2D eigenvalue weighted by Gasteiger charge is 2.34. The van der Waals surface area contributed by atoms with Crippen molar-refractivity contribution in [1.82, 2.24) is 0 Å². The number of imide groups is 1. The van der Waals surface area contributed by atoms with Crippen molar-refractivity contribution < 1.29 is 9.59 Å². The zero-order valence-corrected chi connectivity index (χ0v) is 9.41. The van der Waals surface area contributed by atoms with Crippen LogP contribution < -0.4 is 4.90 Å². The second-order valence-electron chi connectivity index (χ2n) is 4.10. The first kappa shape index (κ1) is 10.6. The number of aryl methyl sites for hydroxylation is 2. The molecule has 2 amide bonds. The van der Waals surface area contributed by atoms with Gasteiger partial charge in [-0.3, -0.25) is 9.59 Å². The highest BCUT2D eigenvalue weighted by atomic mass is 16.2. The van der Waals surface area contributed by atoms with Crippen LogP contribution in [0.25, 0.3) is 0 Å². The van der Waals surface area contributed by atoms with Gasteiger partial charge in [-0.1, -0.05) is 18.7 Å². The number of benzene rings is 1. The molecule has 1 fully saturated rings. The Labute approximate surface area is 94.4 Å². The van der Waals surface area contributed by atoms with Crippen LogP contribution in [0.4, 0.5) is 5.69 Å². The first-order valence-electron chi connectivity index (χ1n) is 5.13. The van der Waals surface area contributed by atoms with Crippen molar-refractivity contribution in [2.75, 3.05) is 4.90 Å². The summed E-state index contributed by atoms with van der Waals surface area (Å²) < 4.78 is 0. The van der Waals surface area contributed by atoms with Gasteiger partial charge >= 0.3 is 0 Å². The van der Waals surface area contributed by atoms with Gasteiger partial charge in [-0.15, -0.1) is 0 Å². The maximum absolute atomic E-state index is 11.8. The van der Waals surface area contributed by atoms with Crippen molar-refractivity contribution in [3.8, 4) is 0 Å². The maximum atomic E-state index is 11.8. The SMILES string of the molecule is C=C1CC(=O)N(c2cc(C)ccc2C)C1=O. The molecule has 1 saturated heterocycles. The van der Waals surface area contributed by atoms with E-state index in [1.165, 1.54) is 4.90 Å². The van der Waals surface area contributed by atoms with Crippen LogP contribution in [0.2, 0.25) is 0 Å². The standard InChI is InChI=1S/C13H13NO2/c1-8-4-5-9(2)11(6-8)14-12(15)7-10(3)13(14)16/h4-6H,3,7H2,1-2H3. The lowest BCUT2D eigenvalue weighted by atomic mass is 10.1. The lowest BCUT2D eigenvalue weighted by molar-refractivity contribution is -0.120. The van der Waals surface area contributed by atoms with E-state index in [9.17, 15) is 9.59 Å². The van der Waals surface area contributed by atoms with Crippen molar-refractivity contribution in [3.05, 3.63) is 41.5 Å². The minimum atomic E-state index is -0.279. The molecule has 0 bridgehead atoms. The Morgan fingerprint density at radius 3 is 2.50 bits per heavy atom. The summed E-state index contributed by atoms with van der Waals surface area (Å²) in [5.41, 5.74) is 2.99. The topological polar surface area (TPSA) is 37.4 Å². The average Bonchev–Trinajstić information content (AvgIpc) is 2.46. The molecule has 0 saturated carbocycles. The lowest BCUT2D eigenvalue weighted by Crippen LogP contribution is -2.29. The van der Waals surface area contributed by atoms with Crippen LogP contribution in [0, 0.1) is 13.8 Å². The molecule has 1 aliphatic heterocycles. The highest BCUT2D eigenvalue weighted by Crippen LogP contribution is 2.28.